The van der Waals surface area contributed by atoms with Crippen LogP contribution < -0.4 is 0 Å². The number of carbonyl (C=O) groups is 2. The van der Waals surface area contributed by atoms with Crippen molar-refractivity contribution in [1.29, 1.82) is 0 Å². The predicted octanol–water partition coefficient (Wildman–Crippen LogP) is 0.367. The van der Waals surface area contributed by atoms with E-state index in [0.29, 0.717) is 0 Å². The Morgan fingerprint density at radius 2 is 2.07 bits per heavy atom. The van der Waals surface area contributed by atoms with Crippen LogP contribution in [0, 0.1) is 0 Å². The third-order valence-electron chi connectivity index (χ3n) is 2.25. The summed E-state index contributed by atoms with van der Waals surface area (Å²) in [6.45, 7) is 0. The Morgan fingerprint density at radius 1 is 1.43 bits per heavy atom. The summed E-state index contributed by atoms with van der Waals surface area (Å²) in [6, 6.07) is 0. The number of ether oxygens (including phenoxy) is 1. The summed E-state index contributed by atoms with van der Waals surface area (Å²) in [5.41, 5.74) is 0.914. The highest BCUT2D eigenvalue weighted by atomic mass is 16.6. The van der Waals surface area contributed by atoms with Crippen molar-refractivity contribution in [2.45, 2.75) is 18.8 Å². The average molecular weight is 194 g/mol. The molecule has 0 radical (unpaired) electrons. The summed E-state index contributed by atoms with van der Waals surface area (Å²) in [7, 11) is 1.80. The van der Waals surface area contributed by atoms with Crippen LogP contribution in [0.1, 0.15) is 24.3 Å². The summed E-state index contributed by atoms with van der Waals surface area (Å²) in [6.07, 6.45) is 4.02. The van der Waals surface area contributed by atoms with Crippen LogP contribution in [0.5, 0.6) is 0 Å². The molecule has 1 saturated heterocycles. The molecule has 0 saturated carbocycles. The third-order valence-corrected chi connectivity index (χ3v) is 2.25. The van der Waals surface area contributed by atoms with Crippen molar-refractivity contribution in [2.24, 2.45) is 7.05 Å². The lowest BCUT2D eigenvalue weighted by Gasteiger charge is -2.17. The smallest absolute Gasteiger partial charge is 0.314 e. The van der Waals surface area contributed by atoms with Gasteiger partial charge in [0.1, 0.15) is 0 Å². The van der Waals surface area contributed by atoms with Gasteiger partial charge in [0.2, 0.25) is 0 Å². The SMILES string of the molecule is Cn1cc(C2CC(=O)OC(=O)C2)cn1. The van der Waals surface area contributed by atoms with Crippen molar-refractivity contribution in [1.82, 2.24) is 9.78 Å². The second kappa shape index (κ2) is 3.25. The Bertz CT molecular complexity index is 367. The molecule has 0 unspecified atom stereocenters. The van der Waals surface area contributed by atoms with E-state index in [1.165, 1.54) is 0 Å². The van der Waals surface area contributed by atoms with Gasteiger partial charge in [-0.3, -0.25) is 14.3 Å². The zero-order chi connectivity index (χ0) is 10.1. The van der Waals surface area contributed by atoms with Gasteiger partial charge in [-0.1, -0.05) is 0 Å². The topological polar surface area (TPSA) is 61.2 Å². The van der Waals surface area contributed by atoms with Crippen LogP contribution in [0.25, 0.3) is 0 Å². The second-order valence-electron chi connectivity index (χ2n) is 3.40. The van der Waals surface area contributed by atoms with Gasteiger partial charge in [-0.25, -0.2) is 0 Å². The lowest BCUT2D eigenvalue weighted by atomic mass is 9.94. The molecule has 0 N–H and O–H groups in total. The maximum absolute atomic E-state index is 11.0. The zero-order valence-electron chi connectivity index (χ0n) is 7.77. The number of nitrogens with zero attached hydrogens (tertiary/aromatic N) is 2. The van der Waals surface area contributed by atoms with E-state index < -0.39 is 11.9 Å². The maximum Gasteiger partial charge on any atom is 0.314 e. The van der Waals surface area contributed by atoms with Crippen molar-refractivity contribution < 1.29 is 14.3 Å². The van der Waals surface area contributed by atoms with Gasteiger partial charge in [0, 0.05) is 19.2 Å². The molecule has 1 fully saturated rings. The van der Waals surface area contributed by atoms with Crippen molar-refractivity contribution >= 4 is 11.9 Å². The molecular formula is C9H10N2O3. The first-order valence-corrected chi connectivity index (χ1v) is 4.37. The Morgan fingerprint density at radius 3 is 2.57 bits per heavy atom. The molecule has 0 aliphatic carbocycles. The summed E-state index contributed by atoms with van der Waals surface area (Å²) in [5.74, 6) is -0.970. The number of esters is 2. The summed E-state index contributed by atoms with van der Waals surface area (Å²) < 4.78 is 6.09. The lowest BCUT2D eigenvalue weighted by Crippen LogP contribution is -2.23. The Balaban J connectivity index is 2.18. The highest BCUT2D eigenvalue weighted by molar-refractivity contribution is 5.89. The molecule has 74 valence electrons. The maximum atomic E-state index is 11.0. The monoisotopic (exact) mass is 194 g/mol. The molecule has 0 spiro atoms. The van der Waals surface area contributed by atoms with E-state index in [1.54, 1.807) is 17.9 Å². The average Bonchev–Trinajstić information content (AvgIpc) is 2.50. The van der Waals surface area contributed by atoms with E-state index in [0.717, 1.165) is 5.56 Å². The van der Waals surface area contributed by atoms with Gasteiger partial charge in [-0.15, -0.1) is 0 Å². The summed E-state index contributed by atoms with van der Waals surface area (Å²) in [4.78, 5) is 22.0. The number of hydrogen-bond acceptors (Lipinski definition) is 4. The molecule has 2 heterocycles. The van der Waals surface area contributed by atoms with Crippen LogP contribution in [0.3, 0.4) is 0 Å². The minimum Gasteiger partial charge on any atom is -0.393 e. The normalized spacial score (nSPS) is 18.4. The minimum absolute atomic E-state index is 0.0718. The number of hydrogen-bond donors (Lipinski definition) is 0. The van der Waals surface area contributed by atoms with Crippen LogP contribution >= 0.6 is 0 Å². The summed E-state index contributed by atoms with van der Waals surface area (Å²) in [5, 5.41) is 4.00. The number of rotatable bonds is 1. The van der Waals surface area contributed by atoms with Gasteiger partial charge < -0.3 is 4.74 Å². The Kier molecular flexibility index (Phi) is 2.07. The first kappa shape index (κ1) is 8.93. The van der Waals surface area contributed by atoms with E-state index in [1.807, 2.05) is 6.20 Å². The quantitative estimate of drug-likeness (QED) is 0.478. The van der Waals surface area contributed by atoms with Gasteiger partial charge in [0.15, 0.2) is 0 Å². The molecule has 2 rings (SSSR count). The van der Waals surface area contributed by atoms with Crippen LogP contribution in [0.15, 0.2) is 12.4 Å². The molecule has 0 aromatic carbocycles. The fourth-order valence-corrected chi connectivity index (χ4v) is 1.57. The molecule has 1 aliphatic rings. The fraction of sp³-hybridized carbons (Fsp3) is 0.444. The molecule has 0 bridgehead atoms. The first-order valence-electron chi connectivity index (χ1n) is 4.37. The number of aryl methyl sites for hydroxylation is 1. The molecule has 1 aromatic heterocycles. The van der Waals surface area contributed by atoms with Crippen LogP contribution in [0.2, 0.25) is 0 Å². The van der Waals surface area contributed by atoms with Crippen molar-refractivity contribution in [3.05, 3.63) is 18.0 Å². The summed E-state index contributed by atoms with van der Waals surface area (Å²) >= 11 is 0. The van der Waals surface area contributed by atoms with Crippen LogP contribution in [-0.2, 0) is 21.4 Å². The standard InChI is InChI=1S/C9H10N2O3/c1-11-5-7(4-10-11)6-2-8(12)14-9(13)3-6/h4-6H,2-3H2,1H3. The molecule has 1 aromatic rings. The molecule has 1 aliphatic heterocycles. The molecule has 0 atom stereocenters. The van der Waals surface area contributed by atoms with E-state index >= 15 is 0 Å². The number of cyclic esters (lactones) is 2. The van der Waals surface area contributed by atoms with Crippen molar-refractivity contribution in [3.8, 4) is 0 Å². The third kappa shape index (κ3) is 1.66. The number of aromatic nitrogens is 2. The van der Waals surface area contributed by atoms with Crippen molar-refractivity contribution in [2.75, 3.05) is 0 Å². The number of carbonyl (C=O) groups excluding carboxylic acids is 2. The highest BCUT2D eigenvalue weighted by Gasteiger charge is 2.28. The largest absolute Gasteiger partial charge is 0.393 e. The molecule has 5 heteroatoms. The van der Waals surface area contributed by atoms with Gasteiger partial charge in [0.25, 0.3) is 0 Å². The predicted molar refractivity (Wildman–Crippen MR) is 46.3 cm³/mol. The van der Waals surface area contributed by atoms with Gasteiger partial charge in [-0.2, -0.15) is 5.10 Å². The molecule has 14 heavy (non-hydrogen) atoms. The van der Waals surface area contributed by atoms with Gasteiger partial charge in [0.05, 0.1) is 19.0 Å². The molecule has 0 amide bonds. The first-order chi connectivity index (χ1) is 6.65. The Labute approximate surface area is 80.7 Å². The molecular weight excluding hydrogens is 184 g/mol. The van der Waals surface area contributed by atoms with Crippen LogP contribution in [0.4, 0.5) is 0 Å². The Hall–Kier alpha value is -1.65. The fourth-order valence-electron chi connectivity index (χ4n) is 1.57. The minimum atomic E-state index is -0.449. The molecule has 5 nitrogen and oxygen atoms in total. The van der Waals surface area contributed by atoms with Gasteiger partial charge in [-0.05, 0) is 5.56 Å². The van der Waals surface area contributed by atoms with E-state index in [2.05, 4.69) is 9.84 Å². The highest BCUT2D eigenvalue weighted by Crippen LogP contribution is 2.27. The van der Waals surface area contributed by atoms with E-state index in [-0.39, 0.29) is 18.8 Å². The second-order valence-corrected chi connectivity index (χ2v) is 3.40. The van der Waals surface area contributed by atoms with E-state index in [4.69, 9.17) is 0 Å². The zero-order valence-corrected chi connectivity index (χ0v) is 7.77. The van der Waals surface area contributed by atoms with Crippen molar-refractivity contribution in [3.63, 3.8) is 0 Å². The lowest BCUT2D eigenvalue weighted by molar-refractivity contribution is -0.163. The van der Waals surface area contributed by atoms with Gasteiger partial charge >= 0.3 is 11.9 Å². The van der Waals surface area contributed by atoms with E-state index in [9.17, 15) is 9.59 Å². The van der Waals surface area contributed by atoms with Crippen LogP contribution in [-0.4, -0.2) is 21.7 Å².